The Hall–Kier alpha value is -0.500. The van der Waals surface area contributed by atoms with Gasteiger partial charge in [0.1, 0.15) is 4.75 Å². The fourth-order valence-corrected chi connectivity index (χ4v) is 4.35. The van der Waals surface area contributed by atoms with Crippen LogP contribution in [0.2, 0.25) is 0 Å². The summed E-state index contributed by atoms with van der Waals surface area (Å²) in [6.45, 7) is 6.73. The first-order valence-electron chi connectivity index (χ1n) is 7.48. The smallest absolute Gasteiger partial charge is 0.407 e. The van der Waals surface area contributed by atoms with Crippen molar-refractivity contribution in [3.05, 3.63) is 0 Å². The van der Waals surface area contributed by atoms with Crippen LogP contribution in [0.4, 0.5) is 4.79 Å². The topological polar surface area (TPSA) is 95.9 Å². The van der Waals surface area contributed by atoms with E-state index in [1.54, 1.807) is 0 Å². The summed E-state index contributed by atoms with van der Waals surface area (Å²) in [5.74, 6) is 0. The number of aliphatic hydroxyl groups excluding tert-OH is 1. The number of amides is 1. The molecule has 6 nitrogen and oxygen atoms in total. The molecule has 1 heterocycles. The van der Waals surface area contributed by atoms with Gasteiger partial charge in [0.15, 0.2) is 0 Å². The molecule has 1 aliphatic heterocycles. The van der Waals surface area contributed by atoms with Crippen molar-refractivity contribution in [2.45, 2.75) is 63.3 Å². The molecule has 0 aromatic carbocycles. The lowest BCUT2D eigenvalue weighted by Gasteiger charge is -2.42. The van der Waals surface area contributed by atoms with Crippen LogP contribution in [0.3, 0.4) is 0 Å². The molecular formula is C14H26N2O4S. The first kappa shape index (κ1) is 16.9. The van der Waals surface area contributed by atoms with Gasteiger partial charge in [0, 0.05) is 24.5 Å². The number of carbonyl (C=O) groups is 1. The summed E-state index contributed by atoms with van der Waals surface area (Å²) in [6.07, 6.45) is 1.42. The SMILES string of the molecule is CC(C)(C)[S@@+]([O-])N[C@@H]1C[C@H](O)CC12CCN(C(=O)O)CC2. The molecule has 1 amide bonds. The Morgan fingerprint density at radius 2 is 1.95 bits per heavy atom. The average molecular weight is 318 g/mol. The zero-order chi connectivity index (χ0) is 15.8. The van der Waals surface area contributed by atoms with E-state index in [0.717, 1.165) is 12.8 Å². The monoisotopic (exact) mass is 318 g/mol. The van der Waals surface area contributed by atoms with E-state index in [2.05, 4.69) is 4.72 Å². The van der Waals surface area contributed by atoms with Crippen molar-refractivity contribution in [2.75, 3.05) is 13.1 Å². The van der Waals surface area contributed by atoms with Gasteiger partial charge in [-0.1, -0.05) is 0 Å². The lowest BCUT2D eigenvalue weighted by molar-refractivity contribution is 0.0720. The van der Waals surface area contributed by atoms with Crippen LogP contribution in [0.5, 0.6) is 0 Å². The van der Waals surface area contributed by atoms with Gasteiger partial charge in [0.25, 0.3) is 0 Å². The molecule has 1 spiro atoms. The molecule has 3 N–H and O–H groups in total. The minimum absolute atomic E-state index is 0.0106. The van der Waals surface area contributed by atoms with Gasteiger partial charge >= 0.3 is 6.09 Å². The minimum atomic E-state index is -1.18. The van der Waals surface area contributed by atoms with Gasteiger partial charge in [-0.05, 0) is 51.9 Å². The normalized spacial score (nSPS) is 30.6. The summed E-state index contributed by atoms with van der Waals surface area (Å²) in [7, 11) is 0. The maximum Gasteiger partial charge on any atom is 0.407 e. The molecule has 0 aromatic heterocycles. The Labute approximate surface area is 129 Å². The Morgan fingerprint density at radius 1 is 1.38 bits per heavy atom. The van der Waals surface area contributed by atoms with Crippen molar-refractivity contribution >= 4 is 17.5 Å². The van der Waals surface area contributed by atoms with E-state index < -0.39 is 23.6 Å². The summed E-state index contributed by atoms with van der Waals surface area (Å²) in [5.41, 5.74) is -0.133. The highest BCUT2D eigenvalue weighted by molar-refractivity contribution is 7.90. The number of hydrogen-bond acceptors (Lipinski definition) is 4. The van der Waals surface area contributed by atoms with Crippen molar-refractivity contribution in [1.29, 1.82) is 0 Å². The highest BCUT2D eigenvalue weighted by Gasteiger charge is 2.51. The van der Waals surface area contributed by atoms with E-state index in [1.807, 2.05) is 20.8 Å². The molecule has 0 aromatic rings. The maximum atomic E-state index is 12.3. The van der Waals surface area contributed by atoms with Gasteiger partial charge in [-0.3, -0.25) is 0 Å². The zero-order valence-corrected chi connectivity index (χ0v) is 13.8. The van der Waals surface area contributed by atoms with Crippen LogP contribution in [-0.2, 0) is 11.4 Å². The van der Waals surface area contributed by atoms with Crippen molar-refractivity contribution in [1.82, 2.24) is 9.62 Å². The summed E-state index contributed by atoms with van der Waals surface area (Å²) >= 11 is -1.18. The van der Waals surface area contributed by atoms with Crippen LogP contribution < -0.4 is 4.72 Å². The third kappa shape index (κ3) is 3.64. The molecule has 1 aliphatic carbocycles. The molecular weight excluding hydrogens is 292 g/mol. The van der Waals surface area contributed by atoms with Gasteiger partial charge in [-0.25, -0.2) is 4.79 Å². The first-order valence-corrected chi connectivity index (χ1v) is 8.63. The third-order valence-electron chi connectivity index (χ3n) is 4.72. The van der Waals surface area contributed by atoms with E-state index in [-0.39, 0.29) is 16.2 Å². The number of carboxylic acid groups (broad SMARTS) is 1. The molecule has 21 heavy (non-hydrogen) atoms. The van der Waals surface area contributed by atoms with Gasteiger partial charge < -0.3 is 19.7 Å². The minimum Gasteiger partial charge on any atom is -0.598 e. The zero-order valence-electron chi connectivity index (χ0n) is 13.0. The summed E-state index contributed by atoms with van der Waals surface area (Å²) in [6, 6.07) is -0.0106. The molecule has 122 valence electrons. The van der Waals surface area contributed by atoms with Crippen molar-refractivity contribution in [3.8, 4) is 0 Å². The quantitative estimate of drug-likeness (QED) is 0.667. The van der Waals surface area contributed by atoms with E-state index in [0.29, 0.717) is 25.9 Å². The van der Waals surface area contributed by atoms with E-state index in [1.165, 1.54) is 4.90 Å². The lowest BCUT2D eigenvalue weighted by atomic mass is 9.74. The molecule has 7 heteroatoms. The Balaban J connectivity index is 2.05. The lowest BCUT2D eigenvalue weighted by Crippen LogP contribution is -2.53. The number of aliphatic hydroxyl groups is 1. The van der Waals surface area contributed by atoms with E-state index in [9.17, 15) is 14.5 Å². The molecule has 1 saturated carbocycles. The fourth-order valence-electron chi connectivity index (χ4n) is 3.39. The van der Waals surface area contributed by atoms with Crippen LogP contribution in [0.25, 0.3) is 0 Å². The van der Waals surface area contributed by atoms with Crippen molar-refractivity contribution in [3.63, 3.8) is 0 Å². The van der Waals surface area contributed by atoms with Crippen LogP contribution in [0.1, 0.15) is 46.5 Å². The fraction of sp³-hybridized carbons (Fsp3) is 0.929. The average Bonchev–Trinajstić information content (AvgIpc) is 2.64. The van der Waals surface area contributed by atoms with Crippen LogP contribution in [0, 0.1) is 5.41 Å². The van der Waals surface area contributed by atoms with E-state index >= 15 is 0 Å². The molecule has 2 fully saturated rings. The number of likely N-dealkylation sites (tertiary alicyclic amines) is 1. The van der Waals surface area contributed by atoms with Gasteiger partial charge in [0.2, 0.25) is 0 Å². The largest absolute Gasteiger partial charge is 0.598 e. The standard InChI is InChI=1S/C14H26N2O4S/c1-13(2,3)21(20)15-11-8-10(17)9-14(11)4-6-16(7-5-14)12(18)19/h10-11,15,17H,4-9H2,1-3H3,(H,18,19)/t10-,11+,21+/m0/s1. The first-order chi connectivity index (χ1) is 9.64. The predicted octanol–water partition coefficient (Wildman–Crippen LogP) is 1.32. The van der Waals surface area contributed by atoms with Crippen molar-refractivity contribution < 1.29 is 19.6 Å². The molecule has 2 rings (SSSR count). The molecule has 1 saturated heterocycles. The summed E-state index contributed by atoms with van der Waals surface area (Å²) < 4.78 is 15.2. The van der Waals surface area contributed by atoms with E-state index in [4.69, 9.17) is 5.11 Å². The van der Waals surface area contributed by atoms with Gasteiger partial charge in [0.05, 0.1) is 12.1 Å². The molecule has 0 unspecified atom stereocenters. The second-order valence-electron chi connectivity index (χ2n) is 7.28. The number of hydrogen-bond donors (Lipinski definition) is 3. The van der Waals surface area contributed by atoms with Crippen molar-refractivity contribution in [2.24, 2.45) is 5.41 Å². The molecule has 3 atom stereocenters. The number of rotatable bonds is 2. The van der Waals surface area contributed by atoms with Crippen LogP contribution >= 0.6 is 0 Å². The van der Waals surface area contributed by atoms with Crippen LogP contribution in [-0.4, -0.2) is 55.7 Å². The highest BCUT2D eigenvalue weighted by Crippen LogP contribution is 2.47. The maximum absolute atomic E-state index is 12.3. The second kappa shape index (κ2) is 5.95. The Kier molecular flexibility index (Phi) is 4.78. The van der Waals surface area contributed by atoms with Crippen LogP contribution in [0.15, 0.2) is 0 Å². The Morgan fingerprint density at radius 3 is 2.43 bits per heavy atom. The number of nitrogens with one attached hydrogen (secondary N) is 1. The highest BCUT2D eigenvalue weighted by atomic mass is 32.2. The van der Waals surface area contributed by atoms with Gasteiger partial charge in [-0.15, -0.1) is 4.72 Å². The van der Waals surface area contributed by atoms with Gasteiger partial charge in [-0.2, -0.15) is 0 Å². The second-order valence-corrected chi connectivity index (χ2v) is 9.28. The summed E-state index contributed by atoms with van der Waals surface area (Å²) in [4.78, 5) is 12.4. The molecule has 0 bridgehead atoms. The third-order valence-corrected chi connectivity index (χ3v) is 6.34. The molecule has 0 radical (unpaired) electrons. The summed E-state index contributed by atoms with van der Waals surface area (Å²) in [5, 5.41) is 19.1. The Bertz CT molecular complexity index is 391. The number of piperidine rings is 1. The predicted molar refractivity (Wildman–Crippen MR) is 81.3 cm³/mol. The molecule has 2 aliphatic rings. The number of nitrogens with zero attached hydrogens (tertiary/aromatic N) is 1.